The van der Waals surface area contributed by atoms with Crippen molar-refractivity contribution < 1.29 is 33.5 Å². The molecule has 2 aromatic rings. The number of hydrogen-bond donors (Lipinski definition) is 2. The van der Waals surface area contributed by atoms with Gasteiger partial charge in [-0.05, 0) is 44.2 Å². The lowest BCUT2D eigenvalue weighted by Crippen LogP contribution is -2.32. The zero-order valence-corrected chi connectivity index (χ0v) is 20.9. The molecule has 3 rings (SSSR count). The van der Waals surface area contributed by atoms with Gasteiger partial charge >= 0.3 is 16.9 Å². The van der Waals surface area contributed by atoms with Gasteiger partial charge < -0.3 is 24.8 Å². The maximum Gasteiger partial charge on any atom is 0.336 e. The SMILES string of the molecule is COC(=O)C1=C(C)NC(C)=C(C(=O)OCCOc2ccc(NC(C)=O)cc2)[C@@H]1c1ccc([N+](=O)[O-])s1. The molecule has 2 heterocycles. The van der Waals surface area contributed by atoms with E-state index in [0.29, 0.717) is 27.7 Å². The van der Waals surface area contributed by atoms with E-state index in [1.165, 1.54) is 26.2 Å². The number of rotatable bonds is 9. The van der Waals surface area contributed by atoms with Gasteiger partial charge in [-0.3, -0.25) is 14.9 Å². The summed E-state index contributed by atoms with van der Waals surface area (Å²) in [6.07, 6.45) is 0. The van der Waals surface area contributed by atoms with Crippen LogP contribution in [0.4, 0.5) is 10.7 Å². The lowest BCUT2D eigenvalue weighted by Gasteiger charge is -2.29. The molecule has 2 N–H and O–H groups in total. The van der Waals surface area contributed by atoms with Crippen molar-refractivity contribution in [2.75, 3.05) is 25.6 Å². The van der Waals surface area contributed by atoms with E-state index in [9.17, 15) is 24.5 Å². The predicted octanol–water partition coefficient (Wildman–Crippen LogP) is 3.64. The Hall–Kier alpha value is -4.19. The van der Waals surface area contributed by atoms with Crippen LogP contribution in [0.15, 0.2) is 58.9 Å². The molecule has 11 nitrogen and oxygen atoms in total. The standard InChI is InChI=1S/C24H25N3O8S/c1-13-20(23(29)33-4)22(18-9-10-19(36-18)27(31)32)21(14(2)25-13)24(30)35-12-11-34-17-7-5-16(6-8-17)26-15(3)28/h5-10,22,25H,11-12H2,1-4H3,(H,26,28)/t22-/m1/s1. The lowest BCUT2D eigenvalue weighted by molar-refractivity contribution is -0.380. The second-order valence-electron chi connectivity index (χ2n) is 7.75. The number of anilines is 1. The van der Waals surface area contributed by atoms with E-state index in [1.807, 2.05) is 0 Å². The number of carbonyl (C=O) groups is 3. The van der Waals surface area contributed by atoms with Gasteiger partial charge in [0.05, 0.1) is 29.1 Å². The predicted molar refractivity (Wildman–Crippen MR) is 131 cm³/mol. The maximum atomic E-state index is 13.1. The molecule has 1 aromatic heterocycles. The van der Waals surface area contributed by atoms with Crippen LogP contribution in [0.1, 0.15) is 31.6 Å². The molecule has 0 saturated heterocycles. The molecule has 190 valence electrons. The van der Waals surface area contributed by atoms with Crippen molar-refractivity contribution in [1.82, 2.24) is 5.32 Å². The summed E-state index contributed by atoms with van der Waals surface area (Å²) in [6, 6.07) is 9.54. The van der Waals surface area contributed by atoms with E-state index in [2.05, 4.69) is 10.6 Å². The van der Waals surface area contributed by atoms with E-state index < -0.39 is 22.8 Å². The van der Waals surface area contributed by atoms with Crippen LogP contribution in [0, 0.1) is 10.1 Å². The second kappa shape index (κ2) is 11.5. The fourth-order valence-electron chi connectivity index (χ4n) is 3.73. The summed E-state index contributed by atoms with van der Waals surface area (Å²) in [4.78, 5) is 48.0. The lowest BCUT2D eigenvalue weighted by atomic mass is 9.84. The number of nitrogens with zero attached hydrogens (tertiary/aromatic N) is 1. The number of dihydropyridines is 1. The maximum absolute atomic E-state index is 13.1. The summed E-state index contributed by atoms with van der Waals surface area (Å²) < 4.78 is 15.9. The second-order valence-corrected chi connectivity index (χ2v) is 8.84. The molecule has 0 bridgehead atoms. The van der Waals surface area contributed by atoms with Crippen LogP contribution in [-0.4, -0.2) is 43.1 Å². The number of thiophene rings is 1. The van der Waals surface area contributed by atoms with Gasteiger partial charge in [0.15, 0.2) is 0 Å². The number of nitrogens with one attached hydrogen (secondary N) is 2. The Bertz CT molecular complexity index is 1250. The number of amides is 1. The molecule has 1 atom stereocenters. The first kappa shape index (κ1) is 26.4. The number of carbonyl (C=O) groups excluding carboxylic acids is 3. The van der Waals surface area contributed by atoms with Crippen LogP contribution in [0.5, 0.6) is 5.75 Å². The Morgan fingerprint density at radius 1 is 1.03 bits per heavy atom. The Balaban J connectivity index is 1.74. The van der Waals surface area contributed by atoms with Crippen molar-refractivity contribution in [2.45, 2.75) is 26.7 Å². The van der Waals surface area contributed by atoms with Gasteiger partial charge in [-0.25, -0.2) is 9.59 Å². The van der Waals surface area contributed by atoms with Gasteiger partial charge in [-0.1, -0.05) is 11.3 Å². The topological polar surface area (TPSA) is 146 Å². The molecule has 0 aliphatic carbocycles. The number of ether oxygens (including phenoxy) is 3. The molecule has 0 fully saturated rings. The zero-order valence-electron chi connectivity index (χ0n) is 20.1. The number of methoxy groups -OCH3 is 1. The molecule has 0 saturated carbocycles. The molecule has 0 spiro atoms. The van der Waals surface area contributed by atoms with Gasteiger partial charge in [0.1, 0.15) is 19.0 Å². The third-order valence-corrected chi connectivity index (χ3v) is 6.32. The Morgan fingerprint density at radius 3 is 2.22 bits per heavy atom. The first-order valence-electron chi connectivity index (χ1n) is 10.8. The number of nitro groups is 1. The summed E-state index contributed by atoms with van der Waals surface area (Å²) in [5, 5.41) is 16.8. The summed E-state index contributed by atoms with van der Waals surface area (Å²) in [5.74, 6) is -1.92. The summed E-state index contributed by atoms with van der Waals surface area (Å²) in [7, 11) is 1.22. The molecular weight excluding hydrogens is 490 g/mol. The van der Waals surface area contributed by atoms with Crippen molar-refractivity contribution in [2.24, 2.45) is 0 Å². The molecule has 36 heavy (non-hydrogen) atoms. The van der Waals surface area contributed by atoms with Gasteiger partial charge in [-0.15, -0.1) is 0 Å². The van der Waals surface area contributed by atoms with Crippen LogP contribution in [0.3, 0.4) is 0 Å². The third kappa shape index (κ3) is 6.08. The van der Waals surface area contributed by atoms with Gasteiger partial charge in [0, 0.05) is 34.9 Å². The number of benzene rings is 1. The molecule has 0 radical (unpaired) electrons. The third-order valence-electron chi connectivity index (χ3n) is 5.22. The van der Waals surface area contributed by atoms with Crippen LogP contribution < -0.4 is 15.4 Å². The first-order chi connectivity index (χ1) is 17.1. The number of hydrogen-bond acceptors (Lipinski definition) is 10. The fourth-order valence-corrected chi connectivity index (χ4v) is 4.68. The highest BCUT2D eigenvalue weighted by Gasteiger charge is 2.39. The van der Waals surface area contributed by atoms with Crippen LogP contribution >= 0.6 is 11.3 Å². The molecular formula is C24H25N3O8S. The van der Waals surface area contributed by atoms with Gasteiger partial charge in [0.2, 0.25) is 5.91 Å². The van der Waals surface area contributed by atoms with Crippen molar-refractivity contribution >= 4 is 39.9 Å². The highest BCUT2D eigenvalue weighted by molar-refractivity contribution is 7.15. The normalized spacial score (nSPS) is 15.2. The minimum atomic E-state index is -0.896. The van der Waals surface area contributed by atoms with E-state index >= 15 is 0 Å². The Labute approximate surface area is 210 Å². The van der Waals surface area contributed by atoms with Crippen molar-refractivity contribution in [1.29, 1.82) is 0 Å². The quantitative estimate of drug-likeness (QED) is 0.221. The van der Waals surface area contributed by atoms with Crippen LogP contribution in [0.2, 0.25) is 0 Å². The van der Waals surface area contributed by atoms with Gasteiger partial charge in [-0.2, -0.15) is 0 Å². The molecule has 1 aliphatic rings. The minimum Gasteiger partial charge on any atom is -0.490 e. The monoisotopic (exact) mass is 515 g/mol. The van der Waals surface area contributed by atoms with Crippen molar-refractivity contribution in [3.05, 3.63) is 73.9 Å². The van der Waals surface area contributed by atoms with E-state index in [1.54, 1.807) is 38.1 Å². The number of allylic oxidation sites excluding steroid dienone is 2. The molecule has 1 amide bonds. The largest absolute Gasteiger partial charge is 0.490 e. The minimum absolute atomic E-state index is 0.0544. The highest BCUT2D eigenvalue weighted by Crippen LogP contribution is 2.43. The molecule has 1 aromatic carbocycles. The summed E-state index contributed by atoms with van der Waals surface area (Å²) in [6.45, 7) is 4.71. The summed E-state index contributed by atoms with van der Waals surface area (Å²) >= 11 is 0.873. The highest BCUT2D eigenvalue weighted by atomic mass is 32.1. The smallest absolute Gasteiger partial charge is 0.336 e. The Morgan fingerprint density at radius 2 is 1.67 bits per heavy atom. The summed E-state index contributed by atoms with van der Waals surface area (Å²) in [5.41, 5.74) is 1.88. The first-order valence-corrected chi connectivity index (χ1v) is 11.6. The average Bonchev–Trinajstić information content (AvgIpc) is 3.32. The molecule has 0 unspecified atom stereocenters. The Kier molecular flexibility index (Phi) is 8.43. The number of esters is 2. The van der Waals surface area contributed by atoms with E-state index in [4.69, 9.17) is 14.2 Å². The van der Waals surface area contributed by atoms with Gasteiger partial charge in [0.25, 0.3) is 0 Å². The van der Waals surface area contributed by atoms with Crippen LogP contribution in [-0.2, 0) is 23.9 Å². The van der Waals surface area contributed by atoms with Crippen LogP contribution in [0.25, 0.3) is 0 Å². The average molecular weight is 516 g/mol. The van der Waals surface area contributed by atoms with E-state index in [-0.39, 0.29) is 35.3 Å². The van der Waals surface area contributed by atoms with Crippen molar-refractivity contribution in [3.8, 4) is 5.75 Å². The van der Waals surface area contributed by atoms with E-state index in [0.717, 1.165) is 11.3 Å². The van der Waals surface area contributed by atoms with Crippen molar-refractivity contribution in [3.63, 3.8) is 0 Å². The zero-order chi connectivity index (χ0) is 26.4. The fraction of sp³-hybridized carbons (Fsp3) is 0.292. The molecule has 12 heteroatoms. The molecule has 1 aliphatic heterocycles.